The average molecular weight is 184 g/mol. The molecule has 1 aliphatic carbocycles. The molecule has 0 nitrogen and oxygen atoms in total. The summed E-state index contributed by atoms with van der Waals surface area (Å²) in [7, 11) is 0. The van der Waals surface area contributed by atoms with Gasteiger partial charge in [-0.05, 0) is 36.5 Å². The van der Waals surface area contributed by atoms with Gasteiger partial charge in [-0.25, -0.2) is 0 Å². The largest absolute Gasteiger partial charge is 0.0816 e. The molecule has 0 fully saturated rings. The van der Waals surface area contributed by atoms with E-state index in [1.165, 1.54) is 22.3 Å². The molecule has 2 rings (SSSR count). The zero-order valence-corrected chi connectivity index (χ0v) is 8.88. The summed E-state index contributed by atoms with van der Waals surface area (Å²) in [5, 5.41) is 0. The number of hydrogen-bond donors (Lipinski definition) is 0. The second-order valence-electron chi connectivity index (χ2n) is 3.84. The van der Waals surface area contributed by atoms with Gasteiger partial charge in [0.15, 0.2) is 0 Å². The quantitative estimate of drug-likeness (QED) is 0.652. The molecule has 0 radical (unpaired) electrons. The van der Waals surface area contributed by atoms with E-state index in [1.807, 2.05) is 0 Å². The Kier molecular flexibility index (Phi) is 2.53. The van der Waals surface area contributed by atoms with Crippen molar-refractivity contribution in [2.45, 2.75) is 26.7 Å². The van der Waals surface area contributed by atoms with Gasteiger partial charge in [0.05, 0.1) is 0 Å². The molecule has 0 amide bonds. The van der Waals surface area contributed by atoms with Crippen LogP contribution < -0.4 is 0 Å². The van der Waals surface area contributed by atoms with Crippen molar-refractivity contribution in [3.05, 3.63) is 52.6 Å². The van der Waals surface area contributed by atoms with Crippen molar-refractivity contribution < 1.29 is 0 Å². The average Bonchev–Trinajstić information content (AvgIpc) is 2.61. The Labute approximate surface area is 86.0 Å². The second-order valence-corrected chi connectivity index (χ2v) is 3.84. The molecule has 0 aliphatic heterocycles. The van der Waals surface area contributed by atoms with Crippen molar-refractivity contribution in [1.82, 2.24) is 0 Å². The van der Waals surface area contributed by atoms with E-state index in [9.17, 15) is 0 Å². The lowest BCUT2D eigenvalue weighted by Gasteiger charge is -2.01. The van der Waals surface area contributed by atoms with Gasteiger partial charge in [-0.15, -0.1) is 0 Å². The van der Waals surface area contributed by atoms with Crippen molar-refractivity contribution in [2.75, 3.05) is 0 Å². The first-order chi connectivity index (χ1) is 6.81. The van der Waals surface area contributed by atoms with Crippen molar-refractivity contribution >= 4 is 6.08 Å². The van der Waals surface area contributed by atoms with E-state index in [-0.39, 0.29) is 0 Å². The molecule has 1 aromatic rings. The first-order valence-corrected chi connectivity index (χ1v) is 5.27. The molecule has 0 saturated carbocycles. The normalized spacial score (nSPS) is 15.3. The van der Waals surface area contributed by atoms with E-state index in [0.717, 1.165) is 12.8 Å². The Bertz CT molecular complexity index is 394. The van der Waals surface area contributed by atoms with Crippen LogP contribution in [0.25, 0.3) is 6.08 Å². The molecule has 0 unspecified atom stereocenters. The maximum absolute atomic E-state index is 2.32. The molecule has 0 N–H and O–H groups in total. The van der Waals surface area contributed by atoms with Gasteiger partial charge in [0.2, 0.25) is 0 Å². The fraction of sp³-hybridized carbons (Fsp3) is 0.286. The SMILES string of the molecule is CC/C=C(\C)C1=Cc2ccccc2C1. The van der Waals surface area contributed by atoms with Gasteiger partial charge in [-0.3, -0.25) is 0 Å². The van der Waals surface area contributed by atoms with Crippen molar-refractivity contribution in [3.63, 3.8) is 0 Å². The standard InChI is InChI=1S/C14H16/c1-3-6-11(2)14-9-12-7-4-5-8-13(12)10-14/h4-9H,3,10H2,1-2H3/b11-6+. The molecule has 0 heterocycles. The minimum Gasteiger partial charge on any atom is -0.0816 e. The van der Waals surface area contributed by atoms with Gasteiger partial charge in [0.1, 0.15) is 0 Å². The van der Waals surface area contributed by atoms with Crippen molar-refractivity contribution in [2.24, 2.45) is 0 Å². The van der Waals surface area contributed by atoms with Crippen LogP contribution in [0.5, 0.6) is 0 Å². The van der Waals surface area contributed by atoms with Crippen LogP contribution >= 0.6 is 0 Å². The summed E-state index contributed by atoms with van der Waals surface area (Å²) in [6.07, 6.45) is 6.85. The van der Waals surface area contributed by atoms with Crippen LogP contribution in [0.2, 0.25) is 0 Å². The third kappa shape index (κ3) is 1.65. The highest BCUT2D eigenvalue weighted by atomic mass is 14.2. The molecular formula is C14H16. The molecule has 1 aromatic carbocycles. The van der Waals surface area contributed by atoms with Crippen LogP contribution in [0.3, 0.4) is 0 Å². The van der Waals surface area contributed by atoms with E-state index in [0.29, 0.717) is 0 Å². The summed E-state index contributed by atoms with van der Waals surface area (Å²) >= 11 is 0. The van der Waals surface area contributed by atoms with Gasteiger partial charge in [-0.1, -0.05) is 48.9 Å². The zero-order chi connectivity index (χ0) is 9.97. The smallest absolute Gasteiger partial charge is 0.00171 e. The fourth-order valence-corrected chi connectivity index (χ4v) is 1.97. The highest BCUT2D eigenvalue weighted by Crippen LogP contribution is 2.28. The Balaban J connectivity index is 2.28. The molecule has 0 aromatic heterocycles. The molecular weight excluding hydrogens is 168 g/mol. The summed E-state index contributed by atoms with van der Waals surface area (Å²) in [6.45, 7) is 4.40. The Hall–Kier alpha value is -1.30. The monoisotopic (exact) mass is 184 g/mol. The van der Waals surface area contributed by atoms with Gasteiger partial charge >= 0.3 is 0 Å². The summed E-state index contributed by atoms with van der Waals surface area (Å²) in [5.41, 5.74) is 5.77. The summed E-state index contributed by atoms with van der Waals surface area (Å²) in [4.78, 5) is 0. The Morgan fingerprint density at radius 1 is 1.36 bits per heavy atom. The van der Waals surface area contributed by atoms with Crippen LogP contribution in [0.4, 0.5) is 0 Å². The fourth-order valence-electron chi connectivity index (χ4n) is 1.97. The number of rotatable bonds is 2. The van der Waals surface area contributed by atoms with E-state index in [2.05, 4.69) is 50.3 Å². The van der Waals surface area contributed by atoms with Crippen LogP contribution in [0.15, 0.2) is 41.5 Å². The Morgan fingerprint density at radius 2 is 2.14 bits per heavy atom. The van der Waals surface area contributed by atoms with Crippen LogP contribution in [0, 0.1) is 0 Å². The van der Waals surface area contributed by atoms with Crippen LogP contribution in [-0.2, 0) is 6.42 Å². The van der Waals surface area contributed by atoms with E-state index >= 15 is 0 Å². The molecule has 0 atom stereocenters. The minimum atomic E-state index is 1.11. The van der Waals surface area contributed by atoms with E-state index in [4.69, 9.17) is 0 Å². The lowest BCUT2D eigenvalue weighted by atomic mass is 10.0. The maximum atomic E-state index is 2.32. The Morgan fingerprint density at radius 3 is 2.86 bits per heavy atom. The first kappa shape index (κ1) is 9.26. The third-order valence-corrected chi connectivity index (χ3v) is 2.78. The van der Waals surface area contributed by atoms with Crippen LogP contribution in [-0.4, -0.2) is 0 Å². The van der Waals surface area contributed by atoms with Gasteiger partial charge in [0, 0.05) is 0 Å². The molecule has 0 heteroatoms. The predicted octanol–water partition coefficient (Wildman–Crippen LogP) is 3.98. The molecule has 0 bridgehead atoms. The molecule has 0 saturated heterocycles. The maximum Gasteiger partial charge on any atom is -0.00171 e. The lowest BCUT2D eigenvalue weighted by molar-refractivity contribution is 1.14. The van der Waals surface area contributed by atoms with E-state index in [1.54, 1.807) is 0 Å². The summed E-state index contributed by atoms with van der Waals surface area (Å²) in [5.74, 6) is 0. The number of allylic oxidation sites excluding steroid dienone is 3. The first-order valence-electron chi connectivity index (χ1n) is 5.27. The topological polar surface area (TPSA) is 0 Å². The third-order valence-electron chi connectivity index (χ3n) is 2.78. The van der Waals surface area contributed by atoms with Gasteiger partial charge in [0.25, 0.3) is 0 Å². The number of hydrogen-bond acceptors (Lipinski definition) is 0. The second kappa shape index (κ2) is 3.83. The van der Waals surface area contributed by atoms with E-state index < -0.39 is 0 Å². The van der Waals surface area contributed by atoms with Crippen LogP contribution in [0.1, 0.15) is 31.4 Å². The molecule has 14 heavy (non-hydrogen) atoms. The summed E-state index contributed by atoms with van der Waals surface area (Å²) < 4.78 is 0. The van der Waals surface area contributed by atoms with Crippen molar-refractivity contribution in [1.29, 1.82) is 0 Å². The van der Waals surface area contributed by atoms with Crippen molar-refractivity contribution in [3.8, 4) is 0 Å². The number of fused-ring (bicyclic) bond motifs is 1. The highest BCUT2D eigenvalue weighted by molar-refractivity contribution is 5.67. The number of benzene rings is 1. The molecule has 72 valence electrons. The molecule has 1 aliphatic rings. The predicted molar refractivity (Wildman–Crippen MR) is 62.2 cm³/mol. The van der Waals surface area contributed by atoms with Gasteiger partial charge in [-0.2, -0.15) is 0 Å². The minimum absolute atomic E-state index is 1.11. The summed E-state index contributed by atoms with van der Waals surface area (Å²) in [6, 6.07) is 8.64. The lowest BCUT2D eigenvalue weighted by Crippen LogP contribution is -1.86. The molecule has 0 spiro atoms. The highest BCUT2D eigenvalue weighted by Gasteiger charge is 2.11. The zero-order valence-electron chi connectivity index (χ0n) is 8.88. The van der Waals surface area contributed by atoms with Gasteiger partial charge < -0.3 is 0 Å².